The van der Waals surface area contributed by atoms with Gasteiger partial charge >= 0.3 is 5.97 Å². The van der Waals surface area contributed by atoms with Crippen LogP contribution in [0.15, 0.2) is 29.4 Å². The zero-order chi connectivity index (χ0) is 13.5. The van der Waals surface area contributed by atoms with Gasteiger partial charge in [-0.2, -0.15) is 0 Å². The Kier molecular flexibility index (Phi) is 5.56. The van der Waals surface area contributed by atoms with Gasteiger partial charge in [-0.05, 0) is 31.2 Å². The molecule has 0 heterocycles. The van der Waals surface area contributed by atoms with E-state index in [1.807, 2.05) is 31.2 Å². The molecule has 0 N–H and O–H groups in total. The summed E-state index contributed by atoms with van der Waals surface area (Å²) in [5.74, 6) is 0.210. The lowest BCUT2D eigenvalue weighted by Crippen LogP contribution is -2.06. The number of hydrogen-bond donors (Lipinski definition) is 0. The Morgan fingerprint density at radius 3 is 2.39 bits per heavy atom. The average molecular weight is 247 g/mol. The SMILES string of the molecule is CC(=O)ON=C(CCC(C)C)c1ccc(C)cc1. The minimum Gasteiger partial charge on any atom is -0.318 e. The van der Waals surface area contributed by atoms with Crippen molar-refractivity contribution in [2.75, 3.05) is 0 Å². The Labute approximate surface area is 109 Å². The highest BCUT2D eigenvalue weighted by atomic mass is 16.7. The number of rotatable bonds is 5. The topological polar surface area (TPSA) is 38.7 Å². The molecule has 1 aromatic rings. The Bertz CT molecular complexity index is 419. The molecule has 1 aromatic carbocycles. The second-order valence-electron chi connectivity index (χ2n) is 4.92. The van der Waals surface area contributed by atoms with Gasteiger partial charge in [0.2, 0.25) is 0 Å². The van der Waals surface area contributed by atoms with E-state index in [1.54, 1.807) is 0 Å². The van der Waals surface area contributed by atoms with Crippen molar-refractivity contribution in [1.29, 1.82) is 0 Å². The first-order valence-corrected chi connectivity index (χ1v) is 6.30. The maximum absolute atomic E-state index is 10.8. The monoisotopic (exact) mass is 247 g/mol. The summed E-state index contributed by atoms with van der Waals surface area (Å²) in [5, 5.41) is 3.96. The molecule has 0 aromatic heterocycles. The molecule has 0 bridgehead atoms. The molecule has 0 amide bonds. The summed E-state index contributed by atoms with van der Waals surface area (Å²) in [6, 6.07) is 8.10. The van der Waals surface area contributed by atoms with Crippen molar-refractivity contribution in [3.63, 3.8) is 0 Å². The highest BCUT2D eigenvalue weighted by molar-refractivity contribution is 6.00. The van der Waals surface area contributed by atoms with E-state index < -0.39 is 0 Å². The van der Waals surface area contributed by atoms with Crippen LogP contribution in [0.25, 0.3) is 0 Å². The van der Waals surface area contributed by atoms with Crippen LogP contribution in [0.3, 0.4) is 0 Å². The standard InChI is InChI=1S/C15H21NO2/c1-11(2)5-10-15(16-18-13(4)17)14-8-6-12(3)7-9-14/h6-9,11H,5,10H2,1-4H3. The van der Waals surface area contributed by atoms with E-state index in [9.17, 15) is 4.79 Å². The third kappa shape index (κ3) is 5.13. The number of aryl methyl sites for hydroxylation is 1. The first kappa shape index (κ1) is 14.4. The van der Waals surface area contributed by atoms with Crippen molar-refractivity contribution in [2.45, 2.75) is 40.5 Å². The molecule has 1 rings (SSSR count). The summed E-state index contributed by atoms with van der Waals surface area (Å²) in [7, 11) is 0. The summed E-state index contributed by atoms with van der Waals surface area (Å²) in [6.07, 6.45) is 1.84. The second-order valence-corrected chi connectivity index (χ2v) is 4.92. The van der Waals surface area contributed by atoms with Gasteiger partial charge in [0.05, 0.1) is 5.71 Å². The zero-order valence-electron chi connectivity index (χ0n) is 11.6. The molecule has 3 heteroatoms. The fourth-order valence-corrected chi connectivity index (χ4v) is 1.53. The van der Waals surface area contributed by atoms with Crippen LogP contribution < -0.4 is 0 Å². The van der Waals surface area contributed by atoms with Crippen molar-refractivity contribution < 1.29 is 9.63 Å². The number of oxime groups is 1. The molecule has 0 radical (unpaired) electrons. The third-order valence-corrected chi connectivity index (χ3v) is 2.63. The third-order valence-electron chi connectivity index (χ3n) is 2.63. The highest BCUT2D eigenvalue weighted by Gasteiger charge is 2.07. The van der Waals surface area contributed by atoms with Gasteiger partial charge in [0.25, 0.3) is 0 Å². The molecule has 0 aliphatic carbocycles. The molecule has 0 aliphatic heterocycles. The summed E-state index contributed by atoms with van der Waals surface area (Å²) < 4.78 is 0. The minimum atomic E-state index is -0.385. The lowest BCUT2D eigenvalue weighted by atomic mass is 10.00. The largest absolute Gasteiger partial charge is 0.331 e. The molecule has 18 heavy (non-hydrogen) atoms. The number of carbonyl (C=O) groups excluding carboxylic acids is 1. The predicted molar refractivity (Wildman–Crippen MR) is 73.6 cm³/mol. The van der Waals surface area contributed by atoms with Crippen molar-refractivity contribution in [3.8, 4) is 0 Å². The zero-order valence-corrected chi connectivity index (χ0v) is 11.6. The molecule has 0 unspecified atom stereocenters. The van der Waals surface area contributed by atoms with E-state index in [1.165, 1.54) is 12.5 Å². The molecule has 0 saturated heterocycles. The summed E-state index contributed by atoms with van der Waals surface area (Å²) >= 11 is 0. The van der Waals surface area contributed by atoms with Gasteiger partial charge in [-0.15, -0.1) is 0 Å². The van der Waals surface area contributed by atoms with E-state index in [4.69, 9.17) is 4.84 Å². The smallest absolute Gasteiger partial charge is 0.318 e. The molecule has 3 nitrogen and oxygen atoms in total. The predicted octanol–water partition coefficient (Wildman–Crippen LogP) is 3.70. The number of nitrogens with zero attached hydrogens (tertiary/aromatic N) is 1. The lowest BCUT2D eigenvalue weighted by molar-refractivity contribution is -0.140. The van der Waals surface area contributed by atoms with Crippen LogP contribution >= 0.6 is 0 Å². The molecule has 0 atom stereocenters. The Balaban J connectivity index is 2.85. The quantitative estimate of drug-likeness (QED) is 0.452. The van der Waals surface area contributed by atoms with Crippen LogP contribution in [0, 0.1) is 12.8 Å². The van der Waals surface area contributed by atoms with Gasteiger partial charge in [0.1, 0.15) is 0 Å². The molecular formula is C15H21NO2. The van der Waals surface area contributed by atoms with E-state index in [0.717, 1.165) is 24.1 Å². The Hall–Kier alpha value is -1.64. The lowest BCUT2D eigenvalue weighted by Gasteiger charge is -2.08. The molecule has 0 aliphatic rings. The molecule has 0 spiro atoms. The van der Waals surface area contributed by atoms with Crippen LogP contribution in [0.5, 0.6) is 0 Å². The first-order chi connectivity index (χ1) is 8.49. The van der Waals surface area contributed by atoms with Crippen molar-refractivity contribution >= 4 is 11.7 Å². The van der Waals surface area contributed by atoms with Crippen molar-refractivity contribution in [2.24, 2.45) is 11.1 Å². The highest BCUT2D eigenvalue weighted by Crippen LogP contribution is 2.12. The summed E-state index contributed by atoms with van der Waals surface area (Å²) in [6.45, 7) is 7.73. The molecular weight excluding hydrogens is 226 g/mol. The summed E-state index contributed by atoms with van der Waals surface area (Å²) in [5.41, 5.74) is 3.05. The van der Waals surface area contributed by atoms with E-state index in [-0.39, 0.29) is 5.97 Å². The Morgan fingerprint density at radius 1 is 1.28 bits per heavy atom. The number of benzene rings is 1. The number of hydrogen-bond acceptors (Lipinski definition) is 3. The van der Waals surface area contributed by atoms with E-state index in [2.05, 4.69) is 19.0 Å². The van der Waals surface area contributed by atoms with Crippen LogP contribution in [-0.2, 0) is 9.63 Å². The van der Waals surface area contributed by atoms with E-state index in [0.29, 0.717) is 5.92 Å². The van der Waals surface area contributed by atoms with Crippen molar-refractivity contribution in [1.82, 2.24) is 0 Å². The molecule has 0 fully saturated rings. The summed E-state index contributed by atoms with van der Waals surface area (Å²) in [4.78, 5) is 15.6. The van der Waals surface area contributed by atoms with Crippen LogP contribution in [0.2, 0.25) is 0 Å². The minimum absolute atomic E-state index is 0.385. The fourth-order valence-electron chi connectivity index (χ4n) is 1.53. The maximum atomic E-state index is 10.8. The van der Waals surface area contributed by atoms with Gasteiger partial charge in [-0.3, -0.25) is 0 Å². The van der Waals surface area contributed by atoms with Gasteiger partial charge in [-0.25, -0.2) is 4.79 Å². The first-order valence-electron chi connectivity index (χ1n) is 6.30. The molecule has 0 saturated carbocycles. The van der Waals surface area contributed by atoms with Crippen LogP contribution in [0.4, 0.5) is 0 Å². The van der Waals surface area contributed by atoms with Crippen LogP contribution in [-0.4, -0.2) is 11.7 Å². The van der Waals surface area contributed by atoms with Crippen molar-refractivity contribution in [3.05, 3.63) is 35.4 Å². The number of carbonyl (C=O) groups is 1. The van der Waals surface area contributed by atoms with Gasteiger partial charge in [-0.1, -0.05) is 48.8 Å². The maximum Gasteiger partial charge on any atom is 0.331 e. The second kappa shape index (κ2) is 6.94. The van der Waals surface area contributed by atoms with Gasteiger partial charge in [0.15, 0.2) is 0 Å². The molecule has 98 valence electrons. The normalized spacial score (nSPS) is 11.7. The van der Waals surface area contributed by atoms with E-state index >= 15 is 0 Å². The Morgan fingerprint density at radius 2 is 1.89 bits per heavy atom. The average Bonchev–Trinajstić information content (AvgIpc) is 2.30. The van der Waals surface area contributed by atoms with Gasteiger partial charge < -0.3 is 4.84 Å². The fraction of sp³-hybridized carbons (Fsp3) is 0.467. The van der Waals surface area contributed by atoms with Crippen LogP contribution in [0.1, 0.15) is 44.7 Å². The van der Waals surface area contributed by atoms with Gasteiger partial charge in [0, 0.05) is 6.92 Å².